The number of likely N-dealkylation sites (N-methyl/N-ethyl adjacent to an activating group) is 1. The standard InChI is InChI=1S/C13H17ClF2N2/c1-17-4-6-18(7-5-17)9-11(14)10-2-3-12(15)13(16)8-10/h2-3,8,11H,4-7,9H2,1H3. The van der Waals surface area contributed by atoms with Crippen LogP contribution in [0.4, 0.5) is 8.78 Å². The molecular weight excluding hydrogens is 258 g/mol. The minimum absolute atomic E-state index is 0.302. The van der Waals surface area contributed by atoms with Gasteiger partial charge in [-0.15, -0.1) is 11.6 Å². The van der Waals surface area contributed by atoms with Gasteiger partial charge in [-0.3, -0.25) is 4.90 Å². The monoisotopic (exact) mass is 274 g/mol. The van der Waals surface area contributed by atoms with Gasteiger partial charge in [0.05, 0.1) is 5.38 Å². The molecule has 0 aromatic heterocycles. The van der Waals surface area contributed by atoms with E-state index in [1.807, 2.05) is 0 Å². The van der Waals surface area contributed by atoms with Crippen molar-refractivity contribution in [3.05, 3.63) is 35.4 Å². The number of alkyl halides is 1. The van der Waals surface area contributed by atoms with Gasteiger partial charge in [-0.25, -0.2) is 8.78 Å². The number of nitrogens with zero attached hydrogens (tertiary/aromatic N) is 2. The third kappa shape index (κ3) is 3.40. The SMILES string of the molecule is CN1CCN(CC(Cl)c2ccc(F)c(F)c2)CC1. The molecule has 1 saturated heterocycles. The molecule has 0 spiro atoms. The smallest absolute Gasteiger partial charge is 0.159 e. The van der Waals surface area contributed by atoms with Crippen LogP contribution >= 0.6 is 11.6 Å². The molecule has 1 atom stereocenters. The van der Waals surface area contributed by atoms with Crippen molar-refractivity contribution in [2.24, 2.45) is 0 Å². The van der Waals surface area contributed by atoms with Crippen LogP contribution < -0.4 is 0 Å². The van der Waals surface area contributed by atoms with Crippen LogP contribution in [-0.2, 0) is 0 Å². The molecule has 1 aromatic carbocycles. The Bertz CT molecular complexity index is 406. The molecule has 1 aliphatic heterocycles. The highest BCUT2D eigenvalue weighted by molar-refractivity contribution is 6.21. The molecule has 2 rings (SSSR count). The van der Waals surface area contributed by atoms with Crippen molar-refractivity contribution >= 4 is 11.6 Å². The molecule has 0 aliphatic carbocycles. The maximum atomic E-state index is 13.1. The summed E-state index contributed by atoms with van der Waals surface area (Å²) in [5, 5.41) is -0.302. The molecule has 1 aromatic rings. The maximum absolute atomic E-state index is 13.1. The largest absolute Gasteiger partial charge is 0.304 e. The van der Waals surface area contributed by atoms with Crippen LogP contribution in [0.15, 0.2) is 18.2 Å². The Morgan fingerprint density at radius 3 is 2.44 bits per heavy atom. The van der Waals surface area contributed by atoms with Crippen LogP contribution in [0.2, 0.25) is 0 Å². The number of rotatable bonds is 3. The highest BCUT2D eigenvalue weighted by Crippen LogP contribution is 2.23. The third-order valence-electron chi connectivity index (χ3n) is 3.32. The molecule has 0 bridgehead atoms. The Hall–Kier alpha value is -0.710. The average Bonchev–Trinajstić information content (AvgIpc) is 2.35. The number of halogens is 3. The van der Waals surface area contributed by atoms with E-state index in [9.17, 15) is 8.78 Å². The highest BCUT2D eigenvalue weighted by Gasteiger charge is 2.18. The van der Waals surface area contributed by atoms with E-state index in [0.29, 0.717) is 12.1 Å². The minimum Gasteiger partial charge on any atom is -0.304 e. The van der Waals surface area contributed by atoms with Crippen LogP contribution in [0.5, 0.6) is 0 Å². The third-order valence-corrected chi connectivity index (χ3v) is 3.71. The minimum atomic E-state index is -0.837. The van der Waals surface area contributed by atoms with Crippen LogP contribution in [0, 0.1) is 11.6 Å². The zero-order valence-corrected chi connectivity index (χ0v) is 11.1. The molecular formula is C13H17ClF2N2. The summed E-state index contributed by atoms with van der Waals surface area (Å²) < 4.78 is 25.9. The van der Waals surface area contributed by atoms with Crippen LogP contribution in [0.25, 0.3) is 0 Å². The van der Waals surface area contributed by atoms with Gasteiger partial charge in [-0.1, -0.05) is 6.07 Å². The molecule has 0 N–H and O–H groups in total. The van der Waals surface area contributed by atoms with Gasteiger partial charge in [0.25, 0.3) is 0 Å². The predicted molar refractivity (Wildman–Crippen MR) is 68.9 cm³/mol. The van der Waals surface area contributed by atoms with Crippen molar-refractivity contribution in [1.29, 1.82) is 0 Å². The zero-order chi connectivity index (χ0) is 13.1. The van der Waals surface area contributed by atoms with E-state index < -0.39 is 11.6 Å². The van der Waals surface area contributed by atoms with Crippen molar-refractivity contribution in [3.63, 3.8) is 0 Å². The topological polar surface area (TPSA) is 6.48 Å². The quantitative estimate of drug-likeness (QED) is 0.782. The molecule has 1 aliphatic rings. The summed E-state index contributed by atoms with van der Waals surface area (Å²) in [6.07, 6.45) is 0. The molecule has 5 heteroatoms. The number of hydrogen-bond donors (Lipinski definition) is 0. The summed E-state index contributed by atoms with van der Waals surface area (Å²) in [6.45, 7) is 4.62. The van der Waals surface area contributed by atoms with E-state index in [1.54, 1.807) is 6.07 Å². The van der Waals surface area contributed by atoms with E-state index in [1.165, 1.54) is 6.07 Å². The van der Waals surface area contributed by atoms with Crippen molar-refractivity contribution < 1.29 is 8.78 Å². The van der Waals surface area contributed by atoms with E-state index in [4.69, 9.17) is 11.6 Å². The van der Waals surface area contributed by atoms with Crippen molar-refractivity contribution in [3.8, 4) is 0 Å². The fourth-order valence-corrected chi connectivity index (χ4v) is 2.40. The Balaban J connectivity index is 1.94. The molecule has 1 heterocycles. The number of hydrogen-bond acceptors (Lipinski definition) is 2. The molecule has 0 saturated carbocycles. The zero-order valence-electron chi connectivity index (χ0n) is 10.4. The molecule has 1 unspecified atom stereocenters. The Kier molecular flexibility index (Phi) is 4.54. The van der Waals surface area contributed by atoms with Crippen LogP contribution in [0.1, 0.15) is 10.9 Å². The second-order valence-electron chi connectivity index (χ2n) is 4.74. The Morgan fingerprint density at radius 2 is 1.83 bits per heavy atom. The molecule has 18 heavy (non-hydrogen) atoms. The first kappa shape index (κ1) is 13.7. The number of benzene rings is 1. The lowest BCUT2D eigenvalue weighted by Gasteiger charge is -2.33. The van der Waals surface area contributed by atoms with Gasteiger partial charge in [0.15, 0.2) is 11.6 Å². The van der Waals surface area contributed by atoms with Crippen LogP contribution in [-0.4, -0.2) is 49.6 Å². The van der Waals surface area contributed by atoms with Gasteiger partial charge in [0, 0.05) is 32.7 Å². The average molecular weight is 275 g/mol. The Morgan fingerprint density at radius 1 is 1.17 bits per heavy atom. The second kappa shape index (κ2) is 5.95. The summed E-state index contributed by atoms with van der Waals surface area (Å²) in [6, 6.07) is 3.86. The van der Waals surface area contributed by atoms with E-state index >= 15 is 0 Å². The Labute approximate surface area is 111 Å². The van der Waals surface area contributed by atoms with Crippen LogP contribution in [0.3, 0.4) is 0 Å². The van der Waals surface area contributed by atoms with E-state index in [-0.39, 0.29) is 5.38 Å². The van der Waals surface area contributed by atoms with Crippen molar-refractivity contribution in [2.75, 3.05) is 39.8 Å². The first-order chi connectivity index (χ1) is 8.56. The highest BCUT2D eigenvalue weighted by atomic mass is 35.5. The first-order valence-corrected chi connectivity index (χ1v) is 6.50. The lowest BCUT2D eigenvalue weighted by molar-refractivity contribution is 0.154. The fraction of sp³-hybridized carbons (Fsp3) is 0.538. The number of piperazine rings is 1. The molecule has 0 amide bonds. The predicted octanol–water partition coefficient (Wildman–Crippen LogP) is 2.49. The second-order valence-corrected chi connectivity index (χ2v) is 5.27. The van der Waals surface area contributed by atoms with E-state index in [2.05, 4.69) is 16.8 Å². The maximum Gasteiger partial charge on any atom is 0.159 e. The van der Waals surface area contributed by atoms with Gasteiger partial charge in [0.1, 0.15) is 0 Å². The van der Waals surface area contributed by atoms with Gasteiger partial charge in [-0.2, -0.15) is 0 Å². The molecule has 2 nitrogen and oxygen atoms in total. The van der Waals surface area contributed by atoms with Crippen molar-refractivity contribution in [1.82, 2.24) is 9.80 Å². The lowest BCUT2D eigenvalue weighted by atomic mass is 10.1. The first-order valence-electron chi connectivity index (χ1n) is 6.06. The summed E-state index contributed by atoms with van der Waals surface area (Å²) in [7, 11) is 2.09. The van der Waals surface area contributed by atoms with Gasteiger partial charge >= 0.3 is 0 Å². The van der Waals surface area contributed by atoms with Crippen molar-refractivity contribution in [2.45, 2.75) is 5.38 Å². The summed E-state index contributed by atoms with van der Waals surface area (Å²) in [5.74, 6) is -1.67. The summed E-state index contributed by atoms with van der Waals surface area (Å²) >= 11 is 6.26. The normalized spacial score (nSPS) is 20.0. The summed E-state index contributed by atoms with van der Waals surface area (Å²) in [4.78, 5) is 4.51. The van der Waals surface area contributed by atoms with Gasteiger partial charge < -0.3 is 4.90 Å². The molecule has 100 valence electrons. The van der Waals surface area contributed by atoms with Gasteiger partial charge in [0.2, 0.25) is 0 Å². The molecule has 0 radical (unpaired) electrons. The lowest BCUT2D eigenvalue weighted by Crippen LogP contribution is -2.45. The van der Waals surface area contributed by atoms with E-state index in [0.717, 1.165) is 32.2 Å². The van der Waals surface area contributed by atoms with Gasteiger partial charge in [-0.05, 0) is 24.7 Å². The molecule has 1 fully saturated rings. The summed E-state index contributed by atoms with van der Waals surface area (Å²) in [5.41, 5.74) is 0.634. The fourth-order valence-electron chi connectivity index (χ4n) is 2.07.